The van der Waals surface area contributed by atoms with Crippen molar-refractivity contribution in [1.82, 2.24) is 10.3 Å². The summed E-state index contributed by atoms with van der Waals surface area (Å²) in [5.41, 5.74) is 4.65. The fourth-order valence-electron chi connectivity index (χ4n) is 4.30. The first-order valence-electron chi connectivity index (χ1n) is 11.6. The molecule has 35 heavy (non-hydrogen) atoms. The van der Waals surface area contributed by atoms with E-state index in [0.29, 0.717) is 6.42 Å². The van der Waals surface area contributed by atoms with Gasteiger partial charge in [0.25, 0.3) is 5.91 Å². The number of unbranched alkanes of at least 4 members (excludes halogenated alkanes) is 1. The summed E-state index contributed by atoms with van der Waals surface area (Å²) >= 11 is 1.10. The van der Waals surface area contributed by atoms with Crippen molar-refractivity contribution in [2.75, 3.05) is 11.9 Å². The van der Waals surface area contributed by atoms with Gasteiger partial charge in [0.15, 0.2) is 5.13 Å². The Bertz CT molecular complexity index is 1180. The van der Waals surface area contributed by atoms with E-state index in [1.165, 1.54) is 5.38 Å². The Kier molecular flexibility index (Phi) is 7.77. The number of carbonyl (C=O) groups is 3. The molecule has 0 bridgehead atoms. The first-order chi connectivity index (χ1) is 17.0. The van der Waals surface area contributed by atoms with Gasteiger partial charge in [0, 0.05) is 17.3 Å². The summed E-state index contributed by atoms with van der Waals surface area (Å²) in [6, 6.07) is 15.7. The van der Waals surface area contributed by atoms with Crippen LogP contribution in [0.4, 0.5) is 9.93 Å². The zero-order valence-corrected chi connectivity index (χ0v) is 20.1. The molecule has 2 aromatic carbocycles. The zero-order chi connectivity index (χ0) is 24.8. The van der Waals surface area contributed by atoms with Crippen molar-refractivity contribution >= 4 is 34.4 Å². The second kappa shape index (κ2) is 11.1. The molecule has 8 nitrogen and oxygen atoms in total. The molecule has 0 spiro atoms. The van der Waals surface area contributed by atoms with Crippen LogP contribution in [-0.4, -0.2) is 40.7 Å². The second-order valence-corrected chi connectivity index (χ2v) is 9.26. The molecule has 1 aromatic heterocycles. The summed E-state index contributed by atoms with van der Waals surface area (Å²) in [4.78, 5) is 40.2. The first-order valence-corrected chi connectivity index (χ1v) is 12.4. The number of amides is 2. The van der Waals surface area contributed by atoms with Gasteiger partial charge in [-0.3, -0.25) is 14.9 Å². The van der Waals surface area contributed by atoms with Gasteiger partial charge in [0.05, 0.1) is 6.42 Å². The van der Waals surface area contributed by atoms with Gasteiger partial charge in [-0.2, -0.15) is 0 Å². The Morgan fingerprint density at radius 1 is 1.09 bits per heavy atom. The van der Waals surface area contributed by atoms with E-state index >= 15 is 0 Å². The molecule has 3 aromatic rings. The number of nitrogens with zero attached hydrogens (tertiary/aromatic N) is 1. The number of carboxylic acid groups (broad SMARTS) is 1. The minimum absolute atomic E-state index is 0.0555. The third-order valence-electron chi connectivity index (χ3n) is 5.95. The van der Waals surface area contributed by atoms with Crippen molar-refractivity contribution in [2.24, 2.45) is 0 Å². The predicted molar refractivity (Wildman–Crippen MR) is 134 cm³/mol. The van der Waals surface area contributed by atoms with Crippen molar-refractivity contribution in [1.29, 1.82) is 0 Å². The minimum Gasteiger partial charge on any atom is -0.481 e. The normalized spacial score (nSPS) is 12.9. The first kappa shape index (κ1) is 24.4. The SMILES string of the molecule is CCCC[C@@H](CC(=O)O)NC(=O)c1csc(NC(=O)OCC2c3ccccc3-c3ccccc32)n1. The summed E-state index contributed by atoms with van der Waals surface area (Å²) in [6.45, 7) is 2.17. The maximum atomic E-state index is 12.5. The van der Waals surface area contributed by atoms with Gasteiger partial charge < -0.3 is 15.2 Å². The maximum Gasteiger partial charge on any atom is 0.413 e. The molecular weight excluding hydrogens is 466 g/mol. The summed E-state index contributed by atoms with van der Waals surface area (Å²) in [5.74, 6) is -1.49. The largest absolute Gasteiger partial charge is 0.481 e. The highest BCUT2D eigenvalue weighted by atomic mass is 32.1. The Labute approximate surface area is 207 Å². The summed E-state index contributed by atoms with van der Waals surface area (Å²) in [7, 11) is 0. The van der Waals surface area contributed by atoms with Crippen molar-refractivity contribution < 1.29 is 24.2 Å². The number of fused-ring (bicyclic) bond motifs is 3. The molecule has 0 unspecified atom stereocenters. The van der Waals surface area contributed by atoms with Crippen LogP contribution in [0, 0.1) is 0 Å². The van der Waals surface area contributed by atoms with Crippen LogP contribution >= 0.6 is 11.3 Å². The number of hydrogen-bond donors (Lipinski definition) is 3. The number of nitrogens with one attached hydrogen (secondary N) is 2. The monoisotopic (exact) mass is 493 g/mol. The quantitative estimate of drug-likeness (QED) is 0.354. The highest BCUT2D eigenvalue weighted by molar-refractivity contribution is 7.14. The van der Waals surface area contributed by atoms with Gasteiger partial charge in [0.1, 0.15) is 12.3 Å². The molecule has 4 rings (SSSR count). The highest BCUT2D eigenvalue weighted by Gasteiger charge is 2.29. The average Bonchev–Trinajstić information content (AvgIpc) is 3.43. The van der Waals surface area contributed by atoms with Crippen LogP contribution in [0.25, 0.3) is 11.1 Å². The zero-order valence-electron chi connectivity index (χ0n) is 19.3. The van der Waals surface area contributed by atoms with Gasteiger partial charge in [-0.25, -0.2) is 9.78 Å². The lowest BCUT2D eigenvalue weighted by Gasteiger charge is -2.15. The number of aliphatic carboxylic acids is 1. The molecule has 0 radical (unpaired) electrons. The molecule has 1 heterocycles. The molecule has 1 aliphatic rings. The number of aromatic nitrogens is 1. The number of hydrogen-bond acceptors (Lipinski definition) is 6. The Balaban J connectivity index is 1.34. The topological polar surface area (TPSA) is 118 Å². The molecule has 0 saturated heterocycles. The van der Waals surface area contributed by atoms with Gasteiger partial charge in [-0.15, -0.1) is 11.3 Å². The third-order valence-corrected chi connectivity index (χ3v) is 6.71. The van der Waals surface area contributed by atoms with E-state index in [9.17, 15) is 14.4 Å². The van der Waals surface area contributed by atoms with Gasteiger partial charge in [-0.05, 0) is 28.7 Å². The predicted octanol–water partition coefficient (Wildman–Crippen LogP) is 5.27. The van der Waals surface area contributed by atoms with Gasteiger partial charge in [-0.1, -0.05) is 68.3 Å². The van der Waals surface area contributed by atoms with Crippen molar-refractivity contribution in [2.45, 2.75) is 44.6 Å². The fourth-order valence-corrected chi connectivity index (χ4v) is 4.98. The lowest BCUT2D eigenvalue weighted by atomic mass is 9.98. The lowest BCUT2D eigenvalue weighted by Crippen LogP contribution is -2.36. The molecule has 182 valence electrons. The number of rotatable bonds is 10. The van der Waals surface area contributed by atoms with Gasteiger partial charge in [0.2, 0.25) is 0 Å². The highest BCUT2D eigenvalue weighted by Crippen LogP contribution is 2.44. The van der Waals surface area contributed by atoms with Crippen molar-refractivity contribution in [3.8, 4) is 11.1 Å². The fraction of sp³-hybridized carbons (Fsp3) is 0.308. The van der Waals surface area contributed by atoms with Crippen molar-refractivity contribution in [3.05, 3.63) is 70.7 Å². The van der Waals surface area contributed by atoms with Crippen LogP contribution in [0.2, 0.25) is 0 Å². The summed E-state index contributed by atoms with van der Waals surface area (Å²) in [6.07, 6.45) is 1.48. The molecule has 1 aliphatic carbocycles. The van der Waals surface area contributed by atoms with Crippen LogP contribution in [0.15, 0.2) is 53.9 Å². The van der Waals surface area contributed by atoms with Crippen LogP contribution in [0.1, 0.15) is 60.1 Å². The number of benzene rings is 2. The summed E-state index contributed by atoms with van der Waals surface area (Å²) in [5, 5.41) is 16.1. The van der Waals surface area contributed by atoms with E-state index in [-0.39, 0.29) is 29.8 Å². The summed E-state index contributed by atoms with van der Waals surface area (Å²) < 4.78 is 5.52. The van der Waals surface area contributed by atoms with E-state index in [1.54, 1.807) is 0 Å². The standard InChI is InChI=1S/C26H27N3O5S/c1-2-3-8-16(13-23(30)31)27-24(32)22-15-35-25(28-22)29-26(33)34-14-21-19-11-6-4-9-17(19)18-10-5-7-12-20(18)21/h4-7,9-12,15-16,21H,2-3,8,13-14H2,1H3,(H,27,32)(H,30,31)(H,28,29,33)/t16-/m0/s1. The van der Waals surface area contributed by atoms with E-state index in [4.69, 9.17) is 9.84 Å². The average molecular weight is 494 g/mol. The lowest BCUT2D eigenvalue weighted by molar-refractivity contribution is -0.137. The van der Waals surface area contributed by atoms with E-state index in [1.807, 2.05) is 43.3 Å². The van der Waals surface area contributed by atoms with Crippen LogP contribution < -0.4 is 10.6 Å². The number of carbonyl (C=O) groups excluding carboxylic acids is 2. The Morgan fingerprint density at radius 3 is 2.37 bits per heavy atom. The van der Waals surface area contributed by atoms with Crippen LogP contribution in [0.5, 0.6) is 0 Å². The second-order valence-electron chi connectivity index (χ2n) is 8.40. The van der Waals surface area contributed by atoms with Crippen molar-refractivity contribution in [3.63, 3.8) is 0 Å². The number of ether oxygens (including phenoxy) is 1. The molecular formula is C26H27N3O5S. The number of carboxylic acids is 1. The molecule has 0 saturated carbocycles. The third kappa shape index (κ3) is 5.86. The maximum absolute atomic E-state index is 12.5. The Hall–Kier alpha value is -3.72. The molecule has 9 heteroatoms. The van der Waals surface area contributed by atoms with E-state index in [0.717, 1.165) is 46.4 Å². The molecule has 2 amide bonds. The molecule has 3 N–H and O–H groups in total. The number of anilines is 1. The Morgan fingerprint density at radius 2 is 1.74 bits per heavy atom. The van der Waals surface area contributed by atoms with E-state index < -0.39 is 24.0 Å². The molecule has 1 atom stereocenters. The minimum atomic E-state index is -0.970. The smallest absolute Gasteiger partial charge is 0.413 e. The number of thiazole rings is 1. The van der Waals surface area contributed by atoms with Crippen LogP contribution in [0.3, 0.4) is 0 Å². The molecule has 0 aliphatic heterocycles. The molecule has 0 fully saturated rings. The van der Waals surface area contributed by atoms with Gasteiger partial charge >= 0.3 is 12.1 Å². The van der Waals surface area contributed by atoms with E-state index in [2.05, 4.69) is 27.8 Å². The van der Waals surface area contributed by atoms with Crippen LogP contribution in [-0.2, 0) is 9.53 Å².